The van der Waals surface area contributed by atoms with Gasteiger partial charge in [-0.1, -0.05) is 35.0 Å². The van der Waals surface area contributed by atoms with Crippen LogP contribution in [0, 0.1) is 11.8 Å². The fraction of sp³-hybridized carbons (Fsp3) is 0.517. The maximum absolute atomic E-state index is 14.3. The molecular weight excluding hydrogens is 578 g/mol. The molecule has 2 aromatic rings. The minimum atomic E-state index is -2.73. The largest absolute Gasteiger partial charge is 0.432 e. The van der Waals surface area contributed by atoms with Crippen LogP contribution in [0.5, 0.6) is 0 Å². The molecule has 10 heteroatoms. The summed E-state index contributed by atoms with van der Waals surface area (Å²) in [5, 5.41) is 16.0. The van der Waals surface area contributed by atoms with Crippen LogP contribution >= 0.6 is 15.9 Å². The fourth-order valence-electron chi connectivity index (χ4n) is 6.80. The van der Waals surface area contributed by atoms with Crippen molar-refractivity contribution in [2.75, 3.05) is 29.9 Å². The molecule has 2 saturated heterocycles. The van der Waals surface area contributed by atoms with Gasteiger partial charge >= 0.3 is 0 Å². The van der Waals surface area contributed by atoms with Crippen molar-refractivity contribution in [2.24, 2.45) is 11.8 Å². The minimum Gasteiger partial charge on any atom is -0.432 e. The molecule has 3 heterocycles. The van der Waals surface area contributed by atoms with Crippen molar-refractivity contribution < 1.29 is 24.2 Å². The van der Waals surface area contributed by atoms with E-state index >= 15 is 0 Å². The van der Waals surface area contributed by atoms with E-state index in [0.29, 0.717) is 19.5 Å². The van der Waals surface area contributed by atoms with E-state index in [0.717, 1.165) is 46.4 Å². The van der Waals surface area contributed by atoms with Gasteiger partial charge < -0.3 is 30.2 Å². The second-order valence-electron chi connectivity index (χ2n) is 11.7. The number of piperidine rings is 1. The normalized spacial score (nSPS) is 28.7. The van der Waals surface area contributed by atoms with E-state index in [1.54, 1.807) is 4.90 Å². The number of hydrogen-bond donors (Lipinski definition) is 4. The Morgan fingerprint density at radius 1 is 1.26 bits per heavy atom. The summed E-state index contributed by atoms with van der Waals surface area (Å²) in [5.74, 6) is -0.403. The maximum atomic E-state index is 14.3. The summed E-state index contributed by atoms with van der Waals surface area (Å²) in [6, 6.07) is 13.4. The molecule has 1 spiro atoms. The highest BCUT2D eigenvalue weighted by Gasteiger charge is 2.66. The van der Waals surface area contributed by atoms with Crippen molar-refractivity contribution in [3.05, 3.63) is 58.1 Å². The second-order valence-corrected chi connectivity index (χ2v) is 16.5. The summed E-state index contributed by atoms with van der Waals surface area (Å²) in [6.45, 7) is 7.70. The zero-order chi connectivity index (χ0) is 27.9. The summed E-state index contributed by atoms with van der Waals surface area (Å²) >= 11 is 3.57. The lowest BCUT2D eigenvalue weighted by atomic mass is 9.82. The van der Waals surface area contributed by atoms with Crippen molar-refractivity contribution in [1.29, 1.82) is 0 Å². The van der Waals surface area contributed by atoms with E-state index in [2.05, 4.69) is 26.6 Å². The number of carbonyl (C=O) groups is 2. The zero-order valence-electron chi connectivity index (χ0n) is 22.7. The van der Waals surface area contributed by atoms with Crippen LogP contribution in [0.2, 0.25) is 18.6 Å². The maximum Gasteiger partial charge on any atom is 0.264 e. The van der Waals surface area contributed by atoms with Crippen LogP contribution in [-0.2, 0) is 26.5 Å². The highest BCUT2D eigenvalue weighted by molar-refractivity contribution is 9.10. The van der Waals surface area contributed by atoms with Gasteiger partial charge in [0.1, 0.15) is 0 Å². The molecule has 3 aliphatic rings. The Labute approximate surface area is 239 Å². The molecule has 3 aliphatic heterocycles. The average Bonchev–Trinajstić information content (AvgIpc) is 3.32. The quantitative estimate of drug-likeness (QED) is 0.349. The SMILES string of the molecule is C[C@H]1[C@H]([Si](C)(C)O)[C@@H](CCO)O[C@]12C(=O)N(Cc1ccc(NC(=O)C3CCCNC3)cc1)c1ccc(Br)cc12. The Bertz CT molecular complexity index is 1230. The molecule has 210 valence electrons. The van der Waals surface area contributed by atoms with Crippen molar-refractivity contribution in [2.45, 2.75) is 63.1 Å². The fourth-order valence-corrected chi connectivity index (χ4v) is 9.76. The van der Waals surface area contributed by atoms with Gasteiger partial charge in [-0.15, -0.1) is 0 Å². The Kier molecular flexibility index (Phi) is 8.07. The standard InChI is InChI=1S/C29H38BrN3O5Si/c1-18-26(39(2,3)37)25(12-14-34)38-29(18)23-15-21(30)8-11-24(23)33(28(29)36)17-19-6-9-22(10-7-19)32-27(35)20-5-4-13-31-16-20/h6-11,15,18,20,25-26,31,34,37H,4-5,12-14,16-17H2,1-3H3,(H,32,35)/t18-,20?,25+,26-,29+/m0/s1. The first-order valence-corrected chi connectivity index (χ1v) is 17.6. The topological polar surface area (TPSA) is 111 Å². The van der Waals surface area contributed by atoms with E-state index in [4.69, 9.17) is 4.74 Å². The summed E-state index contributed by atoms with van der Waals surface area (Å²) in [6.07, 6.45) is 1.85. The van der Waals surface area contributed by atoms with Crippen molar-refractivity contribution >= 4 is 47.4 Å². The van der Waals surface area contributed by atoms with Gasteiger partial charge in [0, 0.05) is 40.3 Å². The van der Waals surface area contributed by atoms with E-state index in [1.807, 2.05) is 62.5 Å². The van der Waals surface area contributed by atoms with Gasteiger partial charge in [-0.25, -0.2) is 0 Å². The van der Waals surface area contributed by atoms with Crippen LogP contribution < -0.4 is 15.5 Å². The van der Waals surface area contributed by atoms with Crippen molar-refractivity contribution in [1.82, 2.24) is 5.32 Å². The number of benzene rings is 2. The summed E-state index contributed by atoms with van der Waals surface area (Å²) in [4.78, 5) is 39.9. The first-order valence-electron chi connectivity index (χ1n) is 13.8. The Hall–Kier alpha value is -2.08. The Morgan fingerprint density at radius 2 is 2.00 bits per heavy atom. The van der Waals surface area contributed by atoms with Gasteiger partial charge in [-0.2, -0.15) is 0 Å². The molecule has 2 fully saturated rings. The predicted molar refractivity (Wildman–Crippen MR) is 157 cm³/mol. The van der Waals surface area contributed by atoms with E-state index < -0.39 is 20.0 Å². The van der Waals surface area contributed by atoms with Crippen LogP contribution in [0.3, 0.4) is 0 Å². The molecule has 2 aromatic carbocycles. The molecule has 0 bridgehead atoms. The number of aliphatic hydroxyl groups is 1. The van der Waals surface area contributed by atoms with E-state index in [9.17, 15) is 19.5 Å². The number of amides is 2. The van der Waals surface area contributed by atoms with Crippen LogP contribution in [0.15, 0.2) is 46.9 Å². The van der Waals surface area contributed by atoms with Crippen LogP contribution in [-0.4, -0.2) is 55.8 Å². The number of halogens is 1. The Balaban J connectivity index is 1.41. The van der Waals surface area contributed by atoms with Gasteiger partial charge in [-0.05, 0) is 74.8 Å². The van der Waals surface area contributed by atoms with E-state index in [-0.39, 0.29) is 35.8 Å². The first kappa shape index (κ1) is 28.4. The van der Waals surface area contributed by atoms with E-state index in [1.165, 1.54) is 0 Å². The summed E-state index contributed by atoms with van der Waals surface area (Å²) < 4.78 is 7.48. The number of rotatable bonds is 7. The minimum absolute atomic E-state index is 0.0218. The zero-order valence-corrected chi connectivity index (χ0v) is 25.3. The molecule has 1 unspecified atom stereocenters. The lowest BCUT2D eigenvalue weighted by molar-refractivity contribution is -0.146. The number of hydrogen-bond acceptors (Lipinski definition) is 6. The van der Waals surface area contributed by atoms with Crippen LogP contribution in [0.1, 0.15) is 37.3 Å². The molecule has 5 rings (SSSR count). The third-order valence-electron chi connectivity index (χ3n) is 8.59. The molecular formula is C29H38BrN3O5Si. The van der Waals surface area contributed by atoms with Gasteiger partial charge in [0.15, 0.2) is 13.9 Å². The van der Waals surface area contributed by atoms with Gasteiger partial charge in [0.25, 0.3) is 5.91 Å². The Morgan fingerprint density at radius 3 is 2.64 bits per heavy atom. The molecule has 39 heavy (non-hydrogen) atoms. The van der Waals surface area contributed by atoms with Crippen LogP contribution in [0.4, 0.5) is 11.4 Å². The second kappa shape index (κ2) is 11.1. The highest BCUT2D eigenvalue weighted by atomic mass is 79.9. The summed E-state index contributed by atoms with van der Waals surface area (Å²) in [5.41, 5.74) is 1.82. The molecule has 0 aliphatic carbocycles. The monoisotopic (exact) mass is 615 g/mol. The lowest BCUT2D eigenvalue weighted by Crippen LogP contribution is -2.46. The number of nitrogens with zero attached hydrogens (tertiary/aromatic N) is 1. The lowest BCUT2D eigenvalue weighted by Gasteiger charge is -2.32. The first-order chi connectivity index (χ1) is 18.6. The van der Waals surface area contributed by atoms with Crippen molar-refractivity contribution in [3.63, 3.8) is 0 Å². The van der Waals surface area contributed by atoms with Gasteiger partial charge in [0.2, 0.25) is 5.91 Å². The molecule has 0 saturated carbocycles. The van der Waals surface area contributed by atoms with Gasteiger partial charge in [-0.3, -0.25) is 9.59 Å². The average molecular weight is 617 g/mol. The number of ether oxygens (including phenoxy) is 1. The summed E-state index contributed by atoms with van der Waals surface area (Å²) in [7, 11) is -2.73. The smallest absolute Gasteiger partial charge is 0.264 e. The molecule has 0 radical (unpaired) electrons. The predicted octanol–water partition coefficient (Wildman–Crippen LogP) is 4.11. The van der Waals surface area contributed by atoms with Gasteiger partial charge in [0.05, 0.1) is 24.3 Å². The molecule has 2 amide bonds. The number of carbonyl (C=O) groups excluding carboxylic acids is 2. The highest BCUT2D eigenvalue weighted by Crippen LogP contribution is 2.60. The third kappa shape index (κ3) is 5.23. The van der Waals surface area contributed by atoms with Crippen LogP contribution in [0.25, 0.3) is 0 Å². The van der Waals surface area contributed by atoms with Crippen molar-refractivity contribution in [3.8, 4) is 0 Å². The molecule has 0 aromatic heterocycles. The number of aliphatic hydroxyl groups excluding tert-OH is 1. The number of nitrogens with one attached hydrogen (secondary N) is 2. The molecule has 4 N–H and O–H groups in total. The number of anilines is 2. The third-order valence-corrected chi connectivity index (χ3v) is 11.6. The molecule has 5 atom stereocenters. The molecule has 8 nitrogen and oxygen atoms in total. The number of fused-ring (bicyclic) bond motifs is 2.